The number of carbonyl (C=O) groups is 1. The largest absolute Gasteiger partial charge is 0.496 e. The summed E-state index contributed by atoms with van der Waals surface area (Å²) < 4.78 is 5.54. The van der Waals surface area contributed by atoms with Crippen LogP contribution in [-0.4, -0.2) is 41.0 Å². The SMILES string of the molecule is COc1ccccc1-c1nccnc1C1CCCN(C(=O)C2CCCC2)C1. The molecule has 5 heteroatoms. The molecular weight excluding hydrogens is 338 g/mol. The van der Waals surface area contributed by atoms with Crippen molar-refractivity contribution in [3.05, 3.63) is 42.4 Å². The van der Waals surface area contributed by atoms with Gasteiger partial charge in [0.15, 0.2) is 0 Å². The topological polar surface area (TPSA) is 55.3 Å². The molecule has 27 heavy (non-hydrogen) atoms. The molecule has 0 spiro atoms. The van der Waals surface area contributed by atoms with Crippen LogP contribution < -0.4 is 4.74 Å². The first-order chi connectivity index (χ1) is 13.3. The van der Waals surface area contributed by atoms with Crippen LogP contribution in [0.5, 0.6) is 5.75 Å². The van der Waals surface area contributed by atoms with Gasteiger partial charge in [-0.25, -0.2) is 0 Å². The van der Waals surface area contributed by atoms with Crippen molar-refractivity contribution in [2.45, 2.75) is 44.4 Å². The number of likely N-dealkylation sites (tertiary alicyclic amines) is 1. The highest BCUT2D eigenvalue weighted by atomic mass is 16.5. The molecule has 1 unspecified atom stereocenters. The third kappa shape index (κ3) is 3.68. The number of carbonyl (C=O) groups excluding carboxylic acids is 1. The molecule has 1 aliphatic carbocycles. The average molecular weight is 365 g/mol. The maximum atomic E-state index is 12.9. The van der Waals surface area contributed by atoms with Crippen molar-refractivity contribution in [1.82, 2.24) is 14.9 Å². The third-order valence-electron chi connectivity index (χ3n) is 5.91. The number of hydrogen-bond donors (Lipinski definition) is 0. The van der Waals surface area contributed by atoms with E-state index in [2.05, 4.69) is 14.9 Å². The Hall–Kier alpha value is -2.43. The van der Waals surface area contributed by atoms with E-state index in [9.17, 15) is 4.79 Å². The fraction of sp³-hybridized carbons (Fsp3) is 0.500. The minimum absolute atomic E-state index is 0.220. The number of benzene rings is 1. The summed E-state index contributed by atoms with van der Waals surface area (Å²) in [4.78, 5) is 24.3. The van der Waals surface area contributed by atoms with Crippen molar-refractivity contribution in [2.24, 2.45) is 5.92 Å². The highest BCUT2D eigenvalue weighted by Gasteiger charge is 2.32. The standard InChI is InChI=1S/C22H27N3O2/c1-27-19-11-5-4-10-18(19)21-20(23-12-13-24-21)17-9-6-14-25(15-17)22(26)16-7-2-3-8-16/h4-5,10-13,16-17H,2-3,6-9,14-15H2,1H3. The molecule has 2 aromatic rings. The van der Waals surface area contributed by atoms with Crippen LogP contribution in [0.25, 0.3) is 11.3 Å². The maximum Gasteiger partial charge on any atom is 0.225 e. The molecule has 2 aliphatic rings. The molecule has 0 radical (unpaired) electrons. The molecule has 1 atom stereocenters. The van der Waals surface area contributed by atoms with Crippen LogP contribution >= 0.6 is 0 Å². The molecule has 1 aliphatic heterocycles. The Morgan fingerprint density at radius 2 is 1.85 bits per heavy atom. The zero-order valence-electron chi connectivity index (χ0n) is 15.9. The lowest BCUT2D eigenvalue weighted by atomic mass is 9.90. The van der Waals surface area contributed by atoms with Gasteiger partial charge in [0.25, 0.3) is 0 Å². The molecule has 1 amide bonds. The molecule has 1 aromatic heterocycles. The second-order valence-electron chi connectivity index (χ2n) is 7.60. The van der Waals surface area contributed by atoms with Crippen LogP contribution in [0.2, 0.25) is 0 Å². The summed E-state index contributed by atoms with van der Waals surface area (Å²) in [6.07, 6.45) is 10.0. The smallest absolute Gasteiger partial charge is 0.225 e. The molecule has 2 heterocycles. The van der Waals surface area contributed by atoms with Gasteiger partial charge in [-0.3, -0.25) is 14.8 Å². The summed E-state index contributed by atoms with van der Waals surface area (Å²) in [6.45, 7) is 1.62. The molecule has 4 rings (SSSR count). The Morgan fingerprint density at radius 3 is 2.67 bits per heavy atom. The highest BCUT2D eigenvalue weighted by Crippen LogP contribution is 2.36. The number of piperidine rings is 1. The van der Waals surface area contributed by atoms with Crippen molar-refractivity contribution in [2.75, 3.05) is 20.2 Å². The Bertz CT molecular complexity index is 802. The first kappa shape index (κ1) is 18.0. The average Bonchev–Trinajstić information content (AvgIpc) is 3.28. The summed E-state index contributed by atoms with van der Waals surface area (Å²) >= 11 is 0. The van der Waals surface area contributed by atoms with Crippen LogP contribution in [0.15, 0.2) is 36.7 Å². The van der Waals surface area contributed by atoms with Gasteiger partial charge < -0.3 is 9.64 Å². The number of ether oxygens (including phenoxy) is 1. The van der Waals surface area contributed by atoms with Gasteiger partial charge >= 0.3 is 0 Å². The number of aromatic nitrogens is 2. The number of para-hydroxylation sites is 1. The molecule has 1 aromatic carbocycles. The van der Waals surface area contributed by atoms with E-state index in [0.717, 1.165) is 61.5 Å². The van der Waals surface area contributed by atoms with Crippen LogP contribution in [0.1, 0.15) is 50.1 Å². The van der Waals surface area contributed by atoms with Gasteiger partial charge in [0.05, 0.1) is 18.5 Å². The molecule has 1 saturated heterocycles. The van der Waals surface area contributed by atoms with Gasteiger partial charge in [0, 0.05) is 42.9 Å². The molecule has 0 bridgehead atoms. The predicted molar refractivity (Wildman–Crippen MR) is 105 cm³/mol. The number of methoxy groups -OCH3 is 1. The van der Waals surface area contributed by atoms with Crippen molar-refractivity contribution in [3.8, 4) is 17.0 Å². The van der Waals surface area contributed by atoms with Gasteiger partial charge in [-0.1, -0.05) is 25.0 Å². The zero-order chi connectivity index (χ0) is 18.6. The first-order valence-electron chi connectivity index (χ1n) is 10.0. The monoisotopic (exact) mass is 365 g/mol. The predicted octanol–water partition coefficient (Wildman–Crippen LogP) is 4.05. The Kier molecular flexibility index (Phi) is 5.37. The number of rotatable bonds is 4. The van der Waals surface area contributed by atoms with Crippen molar-refractivity contribution >= 4 is 5.91 Å². The van der Waals surface area contributed by atoms with E-state index in [0.29, 0.717) is 5.91 Å². The highest BCUT2D eigenvalue weighted by molar-refractivity contribution is 5.79. The summed E-state index contributed by atoms with van der Waals surface area (Å²) in [7, 11) is 1.68. The lowest BCUT2D eigenvalue weighted by Crippen LogP contribution is -2.42. The van der Waals surface area contributed by atoms with Crippen LogP contribution in [0.3, 0.4) is 0 Å². The summed E-state index contributed by atoms with van der Waals surface area (Å²) in [5.74, 6) is 1.60. The first-order valence-corrected chi connectivity index (χ1v) is 10.0. The lowest BCUT2D eigenvalue weighted by molar-refractivity contribution is -0.136. The minimum atomic E-state index is 0.220. The molecular formula is C22H27N3O2. The van der Waals surface area contributed by atoms with E-state index in [-0.39, 0.29) is 11.8 Å². The number of amides is 1. The van der Waals surface area contributed by atoms with E-state index in [4.69, 9.17) is 4.74 Å². The van der Waals surface area contributed by atoms with Gasteiger partial charge in [0.2, 0.25) is 5.91 Å². The molecule has 2 fully saturated rings. The summed E-state index contributed by atoms with van der Waals surface area (Å²) in [6, 6.07) is 7.93. The lowest BCUT2D eigenvalue weighted by Gasteiger charge is -2.34. The Morgan fingerprint density at radius 1 is 1.07 bits per heavy atom. The maximum absolute atomic E-state index is 12.9. The second kappa shape index (κ2) is 8.07. The quantitative estimate of drug-likeness (QED) is 0.820. The van der Waals surface area contributed by atoms with Crippen LogP contribution in [0, 0.1) is 5.92 Å². The van der Waals surface area contributed by atoms with Crippen LogP contribution in [0.4, 0.5) is 0 Å². The van der Waals surface area contributed by atoms with Gasteiger partial charge in [-0.2, -0.15) is 0 Å². The Labute approximate surface area is 160 Å². The number of nitrogens with zero attached hydrogens (tertiary/aromatic N) is 3. The van der Waals surface area contributed by atoms with E-state index in [1.54, 1.807) is 19.5 Å². The fourth-order valence-corrected chi connectivity index (χ4v) is 4.53. The van der Waals surface area contributed by atoms with E-state index in [1.165, 1.54) is 12.8 Å². The zero-order valence-corrected chi connectivity index (χ0v) is 15.9. The second-order valence-corrected chi connectivity index (χ2v) is 7.60. The van der Waals surface area contributed by atoms with Gasteiger partial charge in [-0.15, -0.1) is 0 Å². The molecule has 142 valence electrons. The van der Waals surface area contributed by atoms with E-state index >= 15 is 0 Å². The normalized spacial score (nSPS) is 20.6. The van der Waals surface area contributed by atoms with Gasteiger partial charge in [-0.05, 0) is 37.8 Å². The fourth-order valence-electron chi connectivity index (χ4n) is 4.53. The minimum Gasteiger partial charge on any atom is -0.496 e. The van der Waals surface area contributed by atoms with Crippen molar-refractivity contribution < 1.29 is 9.53 Å². The summed E-state index contributed by atoms with van der Waals surface area (Å²) in [5.41, 5.74) is 2.81. The van der Waals surface area contributed by atoms with E-state index in [1.807, 2.05) is 24.3 Å². The van der Waals surface area contributed by atoms with Crippen molar-refractivity contribution in [3.63, 3.8) is 0 Å². The van der Waals surface area contributed by atoms with Crippen molar-refractivity contribution in [1.29, 1.82) is 0 Å². The van der Waals surface area contributed by atoms with Crippen LogP contribution in [-0.2, 0) is 4.79 Å². The van der Waals surface area contributed by atoms with E-state index < -0.39 is 0 Å². The van der Waals surface area contributed by atoms with Gasteiger partial charge in [0.1, 0.15) is 5.75 Å². The molecule has 1 saturated carbocycles. The number of hydrogen-bond acceptors (Lipinski definition) is 4. The molecule has 0 N–H and O–H groups in total. The summed E-state index contributed by atoms with van der Waals surface area (Å²) in [5, 5.41) is 0. The Balaban J connectivity index is 1.61. The molecule has 5 nitrogen and oxygen atoms in total. The third-order valence-corrected chi connectivity index (χ3v) is 5.91.